The molecule has 0 atom stereocenters. The van der Waals surface area contributed by atoms with Crippen molar-refractivity contribution in [3.05, 3.63) is 35.9 Å². The van der Waals surface area contributed by atoms with Crippen molar-refractivity contribution in [2.24, 2.45) is 5.73 Å². The Morgan fingerprint density at radius 1 is 1.22 bits per heavy atom. The quantitative estimate of drug-likeness (QED) is 0.548. The number of nitrogens with one attached hydrogen (secondary N) is 1. The Bertz CT molecular complexity index is 346. The van der Waals surface area contributed by atoms with Gasteiger partial charge >= 0.3 is 0 Å². The van der Waals surface area contributed by atoms with E-state index in [9.17, 15) is 0 Å². The van der Waals surface area contributed by atoms with E-state index in [-0.39, 0.29) is 5.84 Å². The number of nitrogens with two attached hydrogens (primary N) is 1. The highest BCUT2D eigenvalue weighted by Crippen LogP contribution is 2.06. The van der Waals surface area contributed by atoms with Gasteiger partial charge in [-0.1, -0.05) is 30.3 Å². The highest BCUT2D eigenvalue weighted by atomic mass is 15.1. The molecular weight excluding hydrogens is 222 g/mol. The van der Waals surface area contributed by atoms with Crippen molar-refractivity contribution in [1.82, 2.24) is 4.90 Å². The third-order valence-electron chi connectivity index (χ3n) is 3.15. The predicted molar refractivity (Wildman–Crippen MR) is 78.0 cm³/mol. The summed E-state index contributed by atoms with van der Waals surface area (Å²) in [5.41, 5.74) is 6.81. The second-order valence-corrected chi connectivity index (χ2v) is 4.99. The van der Waals surface area contributed by atoms with Crippen LogP contribution in [0.3, 0.4) is 0 Å². The Morgan fingerprint density at radius 3 is 2.44 bits per heavy atom. The minimum atomic E-state index is 0.281. The molecule has 3 N–H and O–H groups in total. The lowest BCUT2D eigenvalue weighted by atomic mass is 10.1. The van der Waals surface area contributed by atoms with Crippen LogP contribution in [0.5, 0.6) is 0 Å². The number of hydrogen-bond acceptors (Lipinski definition) is 2. The van der Waals surface area contributed by atoms with Crippen LogP contribution in [-0.4, -0.2) is 29.9 Å². The molecule has 1 rings (SSSR count). The van der Waals surface area contributed by atoms with Gasteiger partial charge < -0.3 is 10.6 Å². The summed E-state index contributed by atoms with van der Waals surface area (Å²) in [6.45, 7) is 6.35. The van der Waals surface area contributed by atoms with Crippen molar-refractivity contribution in [1.29, 1.82) is 5.41 Å². The van der Waals surface area contributed by atoms with Gasteiger partial charge in [-0.05, 0) is 38.8 Å². The molecule has 0 saturated carbocycles. The first-order valence-electron chi connectivity index (χ1n) is 6.70. The van der Waals surface area contributed by atoms with Crippen LogP contribution in [0.25, 0.3) is 0 Å². The lowest BCUT2D eigenvalue weighted by molar-refractivity contribution is 0.225. The lowest BCUT2D eigenvalue weighted by Gasteiger charge is -2.26. The summed E-state index contributed by atoms with van der Waals surface area (Å²) < 4.78 is 0. The van der Waals surface area contributed by atoms with E-state index in [1.807, 2.05) is 0 Å². The van der Waals surface area contributed by atoms with Crippen LogP contribution in [0.4, 0.5) is 0 Å². The van der Waals surface area contributed by atoms with Gasteiger partial charge in [-0.25, -0.2) is 0 Å². The van der Waals surface area contributed by atoms with Gasteiger partial charge in [0.2, 0.25) is 0 Å². The molecular formula is C15H25N3. The van der Waals surface area contributed by atoms with Crippen LogP contribution < -0.4 is 5.73 Å². The standard InChI is InChI=1S/C15H25N3/c1-13(2)18(12-10-15(16)17)11-6-9-14-7-4-3-5-8-14/h3-5,7-8,13H,6,9-12H2,1-2H3,(H3,16,17). The van der Waals surface area contributed by atoms with E-state index in [2.05, 4.69) is 49.1 Å². The average Bonchev–Trinajstić information content (AvgIpc) is 2.34. The van der Waals surface area contributed by atoms with Crippen LogP contribution in [0, 0.1) is 5.41 Å². The summed E-state index contributed by atoms with van der Waals surface area (Å²) in [6, 6.07) is 11.1. The van der Waals surface area contributed by atoms with E-state index in [0.717, 1.165) is 25.9 Å². The molecule has 0 aromatic heterocycles. The number of aryl methyl sites for hydroxylation is 1. The van der Waals surface area contributed by atoms with E-state index in [1.54, 1.807) is 0 Å². The van der Waals surface area contributed by atoms with Crippen LogP contribution in [-0.2, 0) is 6.42 Å². The summed E-state index contributed by atoms with van der Waals surface area (Å²) in [5, 5.41) is 7.29. The summed E-state index contributed by atoms with van der Waals surface area (Å²) >= 11 is 0. The molecule has 3 nitrogen and oxygen atoms in total. The van der Waals surface area contributed by atoms with Gasteiger partial charge in [-0.3, -0.25) is 5.41 Å². The molecule has 0 saturated heterocycles. The number of hydrogen-bond donors (Lipinski definition) is 2. The molecule has 0 unspecified atom stereocenters. The van der Waals surface area contributed by atoms with E-state index in [1.165, 1.54) is 5.56 Å². The summed E-state index contributed by atoms with van der Waals surface area (Å²) in [6.07, 6.45) is 2.94. The zero-order valence-electron chi connectivity index (χ0n) is 11.5. The van der Waals surface area contributed by atoms with Crippen LogP contribution in [0.2, 0.25) is 0 Å². The summed E-state index contributed by atoms with van der Waals surface area (Å²) in [4.78, 5) is 2.39. The minimum Gasteiger partial charge on any atom is -0.388 e. The highest BCUT2D eigenvalue weighted by Gasteiger charge is 2.09. The van der Waals surface area contributed by atoms with Crippen molar-refractivity contribution in [3.8, 4) is 0 Å². The number of benzene rings is 1. The van der Waals surface area contributed by atoms with Crippen molar-refractivity contribution in [3.63, 3.8) is 0 Å². The molecule has 0 aliphatic rings. The fraction of sp³-hybridized carbons (Fsp3) is 0.533. The highest BCUT2D eigenvalue weighted by molar-refractivity contribution is 5.76. The normalized spacial score (nSPS) is 11.1. The van der Waals surface area contributed by atoms with E-state index >= 15 is 0 Å². The second kappa shape index (κ2) is 7.88. The molecule has 3 heteroatoms. The van der Waals surface area contributed by atoms with Gasteiger partial charge in [-0.2, -0.15) is 0 Å². The minimum absolute atomic E-state index is 0.281. The fourth-order valence-corrected chi connectivity index (χ4v) is 2.02. The van der Waals surface area contributed by atoms with Crippen LogP contribution in [0.1, 0.15) is 32.3 Å². The maximum Gasteiger partial charge on any atom is 0.0918 e. The second-order valence-electron chi connectivity index (χ2n) is 4.99. The molecule has 0 heterocycles. The fourth-order valence-electron chi connectivity index (χ4n) is 2.02. The first-order chi connectivity index (χ1) is 8.59. The smallest absolute Gasteiger partial charge is 0.0918 e. The molecule has 0 spiro atoms. The van der Waals surface area contributed by atoms with Gasteiger partial charge in [0.1, 0.15) is 0 Å². The van der Waals surface area contributed by atoms with Gasteiger partial charge in [-0.15, -0.1) is 0 Å². The number of rotatable bonds is 8. The molecule has 0 radical (unpaired) electrons. The zero-order chi connectivity index (χ0) is 13.4. The van der Waals surface area contributed by atoms with E-state index < -0.39 is 0 Å². The number of nitrogens with zero attached hydrogens (tertiary/aromatic N) is 1. The molecule has 1 aromatic carbocycles. The van der Waals surface area contributed by atoms with Gasteiger partial charge in [0.25, 0.3) is 0 Å². The molecule has 100 valence electrons. The third-order valence-corrected chi connectivity index (χ3v) is 3.15. The maximum absolute atomic E-state index is 7.29. The predicted octanol–water partition coefficient (Wildman–Crippen LogP) is 2.66. The van der Waals surface area contributed by atoms with Crippen LogP contribution in [0.15, 0.2) is 30.3 Å². The summed E-state index contributed by atoms with van der Waals surface area (Å²) in [7, 11) is 0. The molecule has 0 aliphatic carbocycles. The van der Waals surface area contributed by atoms with Crippen molar-refractivity contribution in [2.45, 2.75) is 39.2 Å². The lowest BCUT2D eigenvalue weighted by Crippen LogP contribution is -2.34. The van der Waals surface area contributed by atoms with Crippen molar-refractivity contribution >= 4 is 5.84 Å². The molecule has 0 fully saturated rings. The van der Waals surface area contributed by atoms with Crippen LogP contribution >= 0.6 is 0 Å². The first-order valence-corrected chi connectivity index (χ1v) is 6.70. The maximum atomic E-state index is 7.29. The molecule has 0 amide bonds. The van der Waals surface area contributed by atoms with Gasteiger partial charge in [0.05, 0.1) is 5.84 Å². The van der Waals surface area contributed by atoms with Crippen molar-refractivity contribution < 1.29 is 0 Å². The first kappa shape index (κ1) is 14.7. The molecule has 0 aliphatic heterocycles. The van der Waals surface area contributed by atoms with E-state index in [4.69, 9.17) is 11.1 Å². The Kier molecular flexibility index (Phi) is 6.44. The van der Waals surface area contributed by atoms with Gasteiger partial charge in [0.15, 0.2) is 0 Å². The number of amidine groups is 1. The molecule has 18 heavy (non-hydrogen) atoms. The monoisotopic (exact) mass is 247 g/mol. The molecule has 1 aromatic rings. The Labute approximate surface area is 111 Å². The topological polar surface area (TPSA) is 53.1 Å². The Morgan fingerprint density at radius 2 is 1.89 bits per heavy atom. The van der Waals surface area contributed by atoms with Gasteiger partial charge in [0, 0.05) is 19.0 Å². The van der Waals surface area contributed by atoms with E-state index in [0.29, 0.717) is 12.5 Å². The third kappa shape index (κ3) is 5.82. The van der Waals surface area contributed by atoms with Crippen molar-refractivity contribution in [2.75, 3.05) is 13.1 Å². The zero-order valence-corrected chi connectivity index (χ0v) is 11.5. The molecule has 0 bridgehead atoms. The Hall–Kier alpha value is -1.35. The Balaban J connectivity index is 2.31. The largest absolute Gasteiger partial charge is 0.388 e. The average molecular weight is 247 g/mol. The summed E-state index contributed by atoms with van der Waals surface area (Å²) in [5.74, 6) is 0.281. The SMILES string of the molecule is CC(C)N(CCCc1ccccc1)CCC(=N)N.